The Bertz CT molecular complexity index is 1560. The Balaban J connectivity index is 1.85. The van der Waals surface area contributed by atoms with E-state index in [2.05, 4.69) is 15.7 Å². The van der Waals surface area contributed by atoms with Gasteiger partial charge < -0.3 is 5.11 Å². The van der Waals surface area contributed by atoms with Crippen molar-refractivity contribution in [3.05, 3.63) is 98.2 Å². The molecule has 0 fully saturated rings. The Labute approximate surface area is 194 Å². The van der Waals surface area contributed by atoms with Crippen molar-refractivity contribution in [3.63, 3.8) is 0 Å². The zero-order valence-electron chi connectivity index (χ0n) is 18.7. The lowest BCUT2D eigenvalue weighted by Gasteiger charge is -2.14. The van der Waals surface area contributed by atoms with Gasteiger partial charge in [-0.2, -0.15) is 9.94 Å². The predicted molar refractivity (Wildman–Crippen MR) is 127 cm³/mol. The third kappa shape index (κ3) is 3.75. The number of para-hydroxylation sites is 2. The molecule has 2 heterocycles. The first-order valence-electron chi connectivity index (χ1n) is 10.3. The van der Waals surface area contributed by atoms with Crippen LogP contribution in [0.5, 0.6) is 5.88 Å². The molecule has 0 unspecified atom stereocenters. The minimum atomic E-state index is -0.724. The summed E-state index contributed by atoms with van der Waals surface area (Å²) in [6.07, 6.45) is 0. The number of azo groups is 1. The second-order valence-corrected chi connectivity index (χ2v) is 7.51. The number of benzene rings is 2. The lowest BCUT2D eigenvalue weighted by Crippen LogP contribution is -2.27. The fourth-order valence-corrected chi connectivity index (χ4v) is 3.53. The number of nitrogens with zero attached hydrogens (tertiary/aromatic N) is 6. The van der Waals surface area contributed by atoms with Crippen LogP contribution in [-0.4, -0.2) is 19.1 Å². The summed E-state index contributed by atoms with van der Waals surface area (Å²) in [7, 11) is 1.72. The average molecular weight is 455 g/mol. The van der Waals surface area contributed by atoms with Gasteiger partial charge in [-0.1, -0.05) is 36.4 Å². The van der Waals surface area contributed by atoms with Crippen LogP contribution in [0.25, 0.3) is 5.69 Å². The number of nitrogens with one attached hydrogen (secondary N) is 1. The normalized spacial score (nSPS) is 11.0. The highest BCUT2D eigenvalue weighted by molar-refractivity contribution is 5.58. The van der Waals surface area contributed by atoms with Crippen LogP contribution in [0.3, 0.4) is 0 Å². The Hall–Kier alpha value is -4.91. The van der Waals surface area contributed by atoms with Crippen molar-refractivity contribution in [2.75, 3.05) is 5.43 Å². The van der Waals surface area contributed by atoms with E-state index in [0.29, 0.717) is 17.1 Å². The molecular weight excluding hydrogens is 434 g/mol. The van der Waals surface area contributed by atoms with Gasteiger partial charge in [0.15, 0.2) is 11.4 Å². The summed E-state index contributed by atoms with van der Waals surface area (Å²) in [6.45, 7) is 3.20. The van der Waals surface area contributed by atoms with E-state index in [0.717, 1.165) is 4.68 Å². The molecule has 4 rings (SSSR count). The van der Waals surface area contributed by atoms with Crippen molar-refractivity contribution < 1.29 is 5.11 Å². The van der Waals surface area contributed by atoms with Crippen molar-refractivity contribution in [2.24, 2.45) is 17.3 Å². The first-order valence-corrected chi connectivity index (χ1v) is 10.3. The lowest BCUT2D eigenvalue weighted by atomic mass is 10.1. The van der Waals surface area contributed by atoms with Crippen LogP contribution < -0.4 is 16.5 Å². The Morgan fingerprint density at radius 1 is 0.912 bits per heavy atom. The maximum atomic E-state index is 13.2. The molecule has 0 bridgehead atoms. The molecule has 0 saturated carbocycles. The molecule has 2 aromatic heterocycles. The van der Waals surface area contributed by atoms with E-state index >= 15 is 0 Å². The third-order valence-corrected chi connectivity index (χ3v) is 5.47. The van der Waals surface area contributed by atoms with E-state index in [1.807, 2.05) is 24.3 Å². The Kier molecular flexibility index (Phi) is 5.84. The topological polar surface area (TPSA) is 130 Å². The summed E-state index contributed by atoms with van der Waals surface area (Å²) >= 11 is 0. The maximum absolute atomic E-state index is 13.2. The number of hydrogen-bond donors (Lipinski definition) is 2. The van der Waals surface area contributed by atoms with Crippen molar-refractivity contribution in [2.45, 2.75) is 13.8 Å². The van der Waals surface area contributed by atoms with Gasteiger partial charge in [0.25, 0.3) is 11.1 Å². The number of hydrogen-bond acceptors (Lipinski definition) is 7. The van der Waals surface area contributed by atoms with Crippen LogP contribution in [0, 0.1) is 25.2 Å². The molecule has 4 aromatic rings. The highest BCUT2D eigenvalue weighted by atomic mass is 16.3. The molecule has 2 aromatic carbocycles. The van der Waals surface area contributed by atoms with E-state index < -0.39 is 17.0 Å². The fourth-order valence-electron chi connectivity index (χ4n) is 3.53. The van der Waals surface area contributed by atoms with Crippen molar-refractivity contribution >= 4 is 17.1 Å². The summed E-state index contributed by atoms with van der Waals surface area (Å²) in [5.74, 6) is -0.546. The van der Waals surface area contributed by atoms with Gasteiger partial charge >= 0.3 is 0 Å². The average Bonchev–Trinajstić information content (AvgIpc) is 3.06. The van der Waals surface area contributed by atoms with Gasteiger partial charge in [-0.3, -0.25) is 19.7 Å². The van der Waals surface area contributed by atoms with Gasteiger partial charge in [0.05, 0.1) is 17.1 Å². The summed E-state index contributed by atoms with van der Waals surface area (Å²) in [6, 6.07) is 19.6. The monoisotopic (exact) mass is 455 g/mol. The number of aromatic hydroxyl groups is 1. The van der Waals surface area contributed by atoms with Crippen molar-refractivity contribution in [1.29, 1.82) is 5.26 Å². The maximum Gasteiger partial charge on any atom is 0.300 e. The first-order chi connectivity index (χ1) is 16.3. The van der Waals surface area contributed by atoms with Crippen LogP contribution in [-0.2, 0) is 7.05 Å². The molecule has 0 aliphatic rings. The molecule has 0 amide bonds. The zero-order valence-corrected chi connectivity index (χ0v) is 18.7. The SMILES string of the molecule is Cc1c(C#N)c(O)n(Nc2ccccc2)c(=O)c1N=Nc1c(C)n(C)n(-c2ccccc2)c1=O. The van der Waals surface area contributed by atoms with Gasteiger partial charge in [0.2, 0.25) is 5.88 Å². The second-order valence-electron chi connectivity index (χ2n) is 7.51. The van der Waals surface area contributed by atoms with Crippen LogP contribution >= 0.6 is 0 Å². The van der Waals surface area contributed by atoms with Gasteiger partial charge in [0.1, 0.15) is 11.6 Å². The Morgan fingerprint density at radius 3 is 2.12 bits per heavy atom. The molecule has 0 aliphatic heterocycles. The molecule has 2 N–H and O–H groups in total. The van der Waals surface area contributed by atoms with Crippen LogP contribution in [0.15, 0.2) is 80.5 Å². The van der Waals surface area contributed by atoms with Gasteiger partial charge in [0, 0.05) is 12.6 Å². The van der Waals surface area contributed by atoms with Gasteiger partial charge in [-0.25, -0.2) is 4.68 Å². The van der Waals surface area contributed by atoms with E-state index in [-0.39, 0.29) is 22.5 Å². The quantitative estimate of drug-likeness (QED) is 0.442. The van der Waals surface area contributed by atoms with E-state index in [9.17, 15) is 20.0 Å². The lowest BCUT2D eigenvalue weighted by molar-refractivity contribution is 0.425. The number of rotatable bonds is 5. The standard InChI is InChI=1S/C24H21N7O3/c1-15-19(14-25)22(32)30(28-17-10-6-4-7-11-17)23(33)20(15)26-27-21-16(2)29(3)31(24(21)34)18-12-8-5-9-13-18/h4-13,28,32H,1-3H3. The highest BCUT2D eigenvalue weighted by Crippen LogP contribution is 2.27. The molecule has 0 saturated heterocycles. The molecule has 0 spiro atoms. The number of pyridine rings is 1. The van der Waals surface area contributed by atoms with Crippen molar-refractivity contribution in [1.82, 2.24) is 14.0 Å². The van der Waals surface area contributed by atoms with Gasteiger partial charge in [-0.05, 0) is 38.1 Å². The molecule has 0 atom stereocenters. The first kappa shape index (κ1) is 22.3. The third-order valence-electron chi connectivity index (χ3n) is 5.47. The zero-order chi connectivity index (χ0) is 24.4. The molecule has 0 aliphatic carbocycles. The van der Waals surface area contributed by atoms with E-state index in [4.69, 9.17) is 0 Å². The molecule has 170 valence electrons. The smallest absolute Gasteiger partial charge is 0.300 e. The predicted octanol–water partition coefficient (Wildman–Crippen LogP) is 3.82. The molecule has 10 nitrogen and oxygen atoms in total. The summed E-state index contributed by atoms with van der Waals surface area (Å²) in [5.41, 5.74) is 3.24. The molecule has 10 heteroatoms. The second kappa shape index (κ2) is 8.91. The molecule has 34 heavy (non-hydrogen) atoms. The van der Waals surface area contributed by atoms with Crippen LogP contribution in [0.4, 0.5) is 17.1 Å². The largest absolute Gasteiger partial charge is 0.492 e. The summed E-state index contributed by atoms with van der Waals surface area (Å²) in [4.78, 5) is 26.2. The van der Waals surface area contributed by atoms with Crippen molar-refractivity contribution in [3.8, 4) is 17.6 Å². The van der Waals surface area contributed by atoms with E-state index in [1.54, 1.807) is 61.1 Å². The highest BCUT2D eigenvalue weighted by Gasteiger charge is 2.21. The number of aromatic nitrogens is 3. The minimum Gasteiger partial charge on any atom is -0.492 e. The summed E-state index contributed by atoms with van der Waals surface area (Å²) < 4.78 is 3.92. The van der Waals surface area contributed by atoms with Gasteiger partial charge in [-0.15, -0.1) is 10.2 Å². The van der Waals surface area contributed by atoms with Crippen LogP contribution in [0.2, 0.25) is 0 Å². The minimum absolute atomic E-state index is 0.0549. The Morgan fingerprint density at radius 2 is 1.50 bits per heavy atom. The van der Waals surface area contributed by atoms with E-state index in [1.165, 1.54) is 11.6 Å². The molecule has 0 radical (unpaired) electrons. The number of nitriles is 1. The van der Waals surface area contributed by atoms with Crippen LogP contribution in [0.1, 0.15) is 16.8 Å². The fraction of sp³-hybridized carbons (Fsp3) is 0.125. The summed E-state index contributed by atoms with van der Waals surface area (Å²) in [5, 5.41) is 28.2. The number of anilines is 1. The molecular formula is C24H21N7O3.